The van der Waals surface area contributed by atoms with Crippen molar-refractivity contribution in [1.29, 1.82) is 0 Å². The molecule has 8 nitrogen and oxygen atoms in total. The first-order chi connectivity index (χ1) is 12.0. The van der Waals surface area contributed by atoms with Crippen LogP contribution in [0.5, 0.6) is 5.75 Å². The zero-order valence-electron chi connectivity index (χ0n) is 13.1. The summed E-state index contributed by atoms with van der Waals surface area (Å²) in [4.78, 5) is 21.7. The van der Waals surface area contributed by atoms with E-state index in [1.807, 2.05) is 0 Å². The van der Waals surface area contributed by atoms with Crippen LogP contribution in [0.1, 0.15) is 5.82 Å². The van der Waals surface area contributed by atoms with Crippen LogP contribution in [0.2, 0.25) is 0 Å². The van der Waals surface area contributed by atoms with Gasteiger partial charge in [0.2, 0.25) is 0 Å². The summed E-state index contributed by atoms with van der Waals surface area (Å²) in [6.07, 6.45) is 2.81. The molecule has 1 aromatic carbocycles. The third-order valence-electron chi connectivity index (χ3n) is 3.39. The molecule has 2 N–H and O–H groups in total. The van der Waals surface area contributed by atoms with Crippen LogP contribution < -0.4 is 10.1 Å². The number of benzene rings is 1. The Morgan fingerprint density at radius 2 is 2.20 bits per heavy atom. The summed E-state index contributed by atoms with van der Waals surface area (Å²) in [6, 6.07) is 5.73. The van der Waals surface area contributed by atoms with Crippen molar-refractivity contribution < 1.29 is 18.3 Å². The summed E-state index contributed by atoms with van der Waals surface area (Å²) in [5.74, 6) is 0.475. The minimum absolute atomic E-state index is 0.0568. The lowest BCUT2D eigenvalue weighted by molar-refractivity contribution is -0.0489. The number of fused-ring (bicyclic) bond motifs is 1. The zero-order chi connectivity index (χ0) is 17.8. The molecule has 0 atom stereocenters. The molecule has 0 aliphatic rings. The minimum Gasteiger partial charge on any atom is -0.432 e. The standard InChI is InChI=1S/C15H14F2N6O2/c1-23(7-12-19-8-20-22-12)15(24)21-10-4-5-11(25-14(16)17)13-9(10)3-2-6-18-13/h2-6,8,14H,7H2,1H3,(H,21,24)(H,19,20,22). The number of rotatable bonds is 5. The van der Waals surface area contributed by atoms with Gasteiger partial charge in [-0.05, 0) is 24.3 Å². The van der Waals surface area contributed by atoms with Crippen molar-refractivity contribution in [2.75, 3.05) is 12.4 Å². The maximum Gasteiger partial charge on any atom is 0.387 e. The number of ether oxygens (including phenoxy) is 1. The van der Waals surface area contributed by atoms with Crippen molar-refractivity contribution in [1.82, 2.24) is 25.1 Å². The van der Waals surface area contributed by atoms with Gasteiger partial charge in [0, 0.05) is 18.6 Å². The Kier molecular flexibility index (Phi) is 4.68. The molecule has 2 aromatic heterocycles. The van der Waals surface area contributed by atoms with Crippen molar-refractivity contribution in [3.63, 3.8) is 0 Å². The number of alkyl halides is 2. The maximum atomic E-state index is 12.5. The third kappa shape index (κ3) is 3.79. The molecule has 0 unspecified atom stereocenters. The smallest absolute Gasteiger partial charge is 0.387 e. The van der Waals surface area contributed by atoms with E-state index in [9.17, 15) is 13.6 Å². The lowest BCUT2D eigenvalue weighted by Gasteiger charge is -2.18. The molecule has 2 heterocycles. The number of aromatic nitrogens is 4. The van der Waals surface area contributed by atoms with Crippen LogP contribution in [-0.2, 0) is 6.54 Å². The van der Waals surface area contributed by atoms with E-state index in [1.165, 1.54) is 29.6 Å². The molecule has 3 aromatic rings. The first-order valence-electron chi connectivity index (χ1n) is 7.23. The number of halogens is 2. The minimum atomic E-state index is -2.96. The zero-order valence-corrected chi connectivity index (χ0v) is 13.1. The van der Waals surface area contributed by atoms with E-state index in [0.29, 0.717) is 16.9 Å². The Morgan fingerprint density at radius 3 is 2.92 bits per heavy atom. The molecule has 0 spiro atoms. The number of pyridine rings is 1. The molecule has 0 bridgehead atoms. The van der Waals surface area contributed by atoms with Crippen LogP contribution in [0.15, 0.2) is 36.8 Å². The largest absolute Gasteiger partial charge is 0.432 e. The molecule has 25 heavy (non-hydrogen) atoms. The summed E-state index contributed by atoms with van der Waals surface area (Å²) in [5.41, 5.74) is 0.664. The second-order valence-corrected chi connectivity index (χ2v) is 5.11. The Hall–Kier alpha value is -3.30. The van der Waals surface area contributed by atoms with Crippen molar-refractivity contribution in [3.05, 3.63) is 42.6 Å². The lowest BCUT2D eigenvalue weighted by atomic mass is 10.1. The van der Waals surface area contributed by atoms with E-state index in [1.54, 1.807) is 19.2 Å². The Labute approximate surface area is 140 Å². The molecule has 2 amide bonds. The average Bonchev–Trinajstić information content (AvgIpc) is 3.09. The molecular formula is C15H14F2N6O2. The number of anilines is 1. The van der Waals surface area contributed by atoms with Gasteiger partial charge in [-0.1, -0.05) is 0 Å². The highest BCUT2D eigenvalue weighted by molar-refractivity contribution is 6.02. The van der Waals surface area contributed by atoms with Gasteiger partial charge in [-0.25, -0.2) is 9.78 Å². The molecule has 0 aliphatic heterocycles. The second-order valence-electron chi connectivity index (χ2n) is 5.11. The predicted molar refractivity (Wildman–Crippen MR) is 85.2 cm³/mol. The second kappa shape index (κ2) is 7.07. The summed E-state index contributed by atoms with van der Waals surface area (Å²) in [5, 5.41) is 9.58. The van der Waals surface area contributed by atoms with Crippen molar-refractivity contribution in [2.45, 2.75) is 13.2 Å². The van der Waals surface area contributed by atoms with Crippen molar-refractivity contribution in [2.24, 2.45) is 0 Å². The number of hydrogen-bond donors (Lipinski definition) is 2. The van der Waals surface area contributed by atoms with Crippen LogP contribution in [0, 0.1) is 0 Å². The van der Waals surface area contributed by atoms with Crippen molar-refractivity contribution in [3.8, 4) is 5.75 Å². The topological polar surface area (TPSA) is 96.0 Å². The molecule has 0 saturated heterocycles. The van der Waals surface area contributed by atoms with Gasteiger partial charge >= 0.3 is 12.6 Å². The maximum absolute atomic E-state index is 12.5. The monoisotopic (exact) mass is 348 g/mol. The fourth-order valence-electron chi connectivity index (χ4n) is 2.26. The number of carbonyl (C=O) groups excluding carboxylic acids is 1. The number of amides is 2. The molecule has 0 fully saturated rings. The van der Waals surface area contributed by atoms with Crippen LogP contribution >= 0.6 is 0 Å². The average molecular weight is 348 g/mol. The van der Waals surface area contributed by atoms with E-state index >= 15 is 0 Å². The van der Waals surface area contributed by atoms with E-state index in [4.69, 9.17) is 0 Å². The van der Waals surface area contributed by atoms with E-state index in [-0.39, 0.29) is 17.8 Å². The van der Waals surface area contributed by atoms with E-state index in [0.717, 1.165) is 0 Å². The van der Waals surface area contributed by atoms with Gasteiger partial charge in [-0.2, -0.15) is 13.9 Å². The van der Waals surface area contributed by atoms with Gasteiger partial charge in [-0.3, -0.25) is 10.1 Å². The molecule has 10 heteroatoms. The van der Waals surface area contributed by atoms with Crippen LogP contribution in [0.25, 0.3) is 10.9 Å². The van der Waals surface area contributed by atoms with Gasteiger partial charge < -0.3 is 15.0 Å². The Morgan fingerprint density at radius 1 is 1.36 bits per heavy atom. The van der Waals surface area contributed by atoms with Gasteiger partial charge in [0.25, 0.3) is 0 Å². The van der Waals surface area contributed by atoms with E-state index in [2.05, 4.69) is 30.2 Å². The highest BCUT2D eigenvalue weighted by Gasteiger charge is 2.15. The van der Waals surface area contributed by atoms with Crippen LogP contribution in [-0.4, -0.2) is 44.8 Å². The van der Waals surface area contributed by atoms with E-state index < -0.39 is 12.6 Å². The molecular weight excluding hydrogens is 334 g/mol. The fraction of sp³-hybridized carbons (Fsp3) is 0.200. The molecule has 130 valence electrons. The van der Waals surface area contributed by atoms with Crippen LogP contribution in [0.4, 0.5) is 19.3 Å². The number of H-pyrrole nitrogens is 1. The van der Waals surface area contributed by atoms with Gasteiger partial charge in [0.1, 0.15) is 17.7 Å². The summed E-state index contributed by atoms with van der Waals surface area (Å²) >= 11 is 0. The van der Waals surface area contributed by atoms with Gasteiger partial charge in [0.15, 0.2) is 5.75 Å². The number of carbonyl (C=O) groups is 1. The predicted octanol–water partition coefficient (Wildman–Crippen LogP) is 2.62. The highest BCUT2D eigenvalue weighted by atomic mass is 19.3. The fourth-order valence-corrected chi connectivity index (χ4v) is 2.26. The van der Waals surface area contributed by atoms with Gasteiger partial charge in [-0.15, -0.1) is 0 Å². The Balaban J connectivity index is 1.82. The molecule has 0 saturated carbocycles. The van der Waals surface area contributed by atoms with Crippen LogP contribution in [0.3, 0.4) is 0 Å². The lowest BCUT2D eigenvalue weighted by Crippen LogP contribution is -2.31. The molecule has 3 rings (SSSR count). The van der Waals surface area contributed by atoms with Gasteiger partial charge in [0.05, 0.1) is 12.2 Å². The molecule has 0 radical (unpaired) electrons. The van der Waals surface area contributed by atoms with Crippen molar-refractivity contribution >= 4 is 22.6 Å². The SMILES string of the molecule is CN(Cc1ncn[nH]1)C(=O)Nc1ccc(OC(F)F)c2ncccc12. The highest BCUT2D eigenvalue weighted by Crippen LogP contribution is 2.31. The number of hydrogen-bond acceptors (Lipinski definition) is 5. The number of aromatic amines is 1. The molecule has 0 aliphatic carbocycles. The summed E-state index contributed by atoms with van der Waals surface area (Å²) < 4.78 is 29.5. The number of urea groups is 1. The summed E-state index contributed by atoms with van der Waals surface area (Å²) in [7, 11) is 1.59. The number of nitrogens with zero attached hydrogens (tertiary/aromatic N) is 4. The first-order valence-corrected chi connectivity index (χ1v) is 7.23. The summed E-state index contributed by atoms with van der Waals surface area (Å²) in [6.45, 7) is -2.73. The third-order valence-corrected chi connectivity index (χ3v) is 3.39. The normalized spacial score (nSPS) is 10.9. The first kappa shape index (κ1) is 16.6. The number of nitrogens with one attached hydrogen (secondary N) is 2. The quantitative estimate of drug-likeness (QED) is 0.739. The Bertz CT molecular complexity index is 872.